The van der Waals surface area contributed by atoms with Crippen molar-refractivity contribution >= 4 is 17.7 Å². The van der Waals surface area contributed by atoms with Gasteiger partial charge in [-0.25, -0.2) is 0 Å². The highest BCUT2D eigenvalue weighted by molar-refractivity contribution is 8.01. The van der Waals surface area contributed by atoms with E-state index in [4.69, 9.17) is 5.11 Å². The molecule has 1 fully saturated rings. The van der Waals surface area contributed by atoms with Gasteiger partial charge in [-0.2, -0.15) is 0 Å². The number of carbonyl (C=O) groups is 1. The summed E-state index contributed by atoms with van der Waals surface area (Å²) in [5.74, 6) is 0.123. The van der Waals surface area contributed by atoms with Gasteiger partial charge in [0.25, 0.3) is 0 Å². The summed E-state index contributed by atoms with van der Waals surface area (Å²) in [5.41, 5.74) is 2.36. The predicted molar refractivity (Wildman–Crippen MR) is 69.8 cm³/mol. The zero-order valence-electron chi connectivity index (χ0n) is 10.1. The van der Waals surface area contributed by atoms with Gasteiger partial charge in [-0.15, -0.1) is 11.8 Å². The van der Waals surface area contributed by atoms with E-state index in [2.05, 4.69) is 19.1 Å². The van der Waals surface area contributed by atoms with Crippen LogP contribution >= 0.6 is 11.8 Å². The first-order valence-electron chi connectivity index (χ1n) is 5.77. The van der Waals surface area contributed by atoms with E-state index in [0.29, 0.717) is 6.54 Å². The van der Waals surface area contributed by atoms with Gasteiger partial charge in [0.1, 0.15) is 5.37 Å². The van der Waals surface area contributed by atoms with Gasteiger partial charge in [-0.05, 0) is 25.0 Å². The molecule has 1 N–H and O–H groups in total. The molecule has 3 nitrogen and oxygen atoms in total. The first-order chi connectivity index (χ1) is 8.15. The van der Waals surface area contributed by atoms with Gasteiger partial charge in [-0.1, -0.05) is 24.3 Å². The Morgan fingerprint density at radius 3 is 2.76 bits per heavy atom. The molecule has 2 atom stereocenters. The van der Waals surface area contributed by atoms with E-state index in [1.54, 1.807) is 16.7 Å². The SMILES string of the molecule is Cc1ccccc1[C@@H]1S[C@@H](C)C(=O)N1CCO. The molecule has 1 aromatic rings. The minimum Gasteiger partial charge on any atom is -0.395 e. The summed E-state index contributed by atoms with van der Waals surface area (Å²) >= 11 is 1.65. The number of benzene rings is 1. The lowest BCUT2D eigenvalue weighted by molar-refractivity contribution is -0.130. The first-order valence-corrected chi connectivity index (χ1v) is 6.71. The first kappa shape index (κ1) is 12.5. The molecule has 1 aromatic carbocycles. The van der Waals surface area contributed by atoms with Crippen molar-refractivity contribution < 1.29 is 9.90 Å². The highest BCUT2D eigenvalue weighted by Crippen LogP contribution is 2.43. The maximum Gasteiger partial charge on any atom is 0.236 e. The second-order valence-electron chi connectivity index (χ2n) is 4.24. The van der Waals surface area contributed by atoms with E-state index in [1.165, 1.54) is 11.1 Å². The molecule has 1 amide bonds. The van der Waals surface area contributed by atoms with Crippen molar-refractivity contribution in [3.8, 4) is 0 Å². The molecule has 0 aliphatic carbocycles. The molecule has 1 aliphatic heterocycles. The summed E-state index contributed by atoms with van der Waals surface area (Å²) in [7, 11) is 0. The van der Waals surface area contributed by atoms with Gasteiger partial charge in [0.15, 0.2) is 0 Å². The second kappa shape index (κ2) is 5.10. The molecule has 4 heteroatoms. The lowest BCUT2D eigenvalue weighted by Gasteiger charge is -2.24. The summed E-state index contributed by atoms with van der Waals surface area (Å²) < 4.78 is 0. The third-order valence-corrected chi connectivity index (χ3v) is 4.42. The average Bonchev–Trinajstić information content (AvgIpc) is 2.58. The Kier molecular flexibility index (Phi) is 3.74. The van der Waals surface area contributed by atoms with Crippen LogP contribution in [-0.4, -0.2) is 34.3 Å². The Bertz CT molecular complexity index is 422. The molecular formula is C13H17NO2S. The van der Waals surface area contributed by atoms with Crippen LogP contribution in [0.15, 0.2) is 24.3 Å². The van der Waals surface area contributed by atoms with Gasteiger partial charge >= 0.3 is 0 Å². The van der Waals surface area contributed by atoms with E-state index in [1.807, 2.05) is 19.1 Å². The quantitative estimate of drug-likeness (QED) is 0.892. The molecule has 0 radical (unpaired) electrons. The van der Waals surface area contributed by atoms with Crippen LogP contribution in [0.3, 0.4) is 0 Å². The minimum absolute atomic E-state index is 0.0153. The molecule has 2 rings (SSSR count). The van der Waals surface area contributed by atoms with E-state index < -0.39 is 0 Å². The summed E-state index contributed by atoms with van der Waals surface area (Å²) in [6.07, 6.45) is 0. The van der Waals surface area contributed by atoms with Gasteiger partial charge in [-0.3, -0.25) is 4.79 Å². The fourth-order valence-corrected chi connectivity index (χ4v) is 3.52. The van der Waals surface area contributed by atoms with Crippen LogP contribution in [0.2, 0.25) is 0 Å². The van der Waals surface area contributed by atoms with E-state index in [-0.39, 0.29) is 23.1 Å². The summed E-state index contributed by atoms with van der Waals surface area (Å²) in [5, 5.41) is 9.09. The number of amides is 1. The zero-order chi connectivity index (χ0) is 12.4. The van der Waals surface area contributed by atoms with E-state index in [9.17, 15) is 4.79 Å². The van der Waals surface area contributed by atoms with Crippen molar-refractivity contribution in [2.24, 2.45) is 0 Å². The molecule has 92 valence electrons. The summed E-state index contributed by atoms with van der Waals surface area (Å²) in [6.45, 7) is 4.41. The highest BCUT2D eigenvalue weighted by Gasteiger charge is 2.38. The van der Waals surface area contributed by atoms with Crippen LogP contribution in [-0.2, 0) is 4.79 Å². The maximum absolute atomic E-state index is 12.0. The van der Waals surface area contributed by atoms with E-state index >= 15 is 0 Å². The van der Waals surface area contributed by atoms with Gasteiger partial charge in [0.2, 0.25) is 5.91 Å². The molecule has 17 heavy (non-hydrogen) atoms. The normalized spacial score (nSPS) is 24.4. The molecule has 0 unspecified atom stereocenters. The number of aliphatic hydroxyl groups is 1. The number of β-amino-alcohol motifs (C(OH)–C–C–N with tert-alkyl or cyclic N) is 1. The smallest absolute Gasteiger partial charge is 0.236 e. The van der Waals surface area contributed by atoms with Crippen LogP contribution in [0.1, 0.15) is 23.4 Å². The van der Waals surface area contributed by atoms with Crippen molar-refractivity contribution in [1.29, 1.82) is 0 Å². The molecule has 1 heterocycles. The Labute approximate surface area is 106 Å². The number of rotatable bonds is 3. The molecule has 1 saturated heterocycles. The van der Waals surface area contributed by atoms with Crippen molar-refractivity contribution in [1.82, 2.24) is 4.90 Å². The minimum atomic E-state index is -0.0221. The number of aliphatic hydroxyl groups excluding tert-OH is 1. The second-order valence-corrected chi connectivity index (χ2v) is 5.67. The Balaban J connectivity index is 2.31. The number of hydrogen-bond donors (Lipinski definition) is 1. The molecular weight excluding hydrogens is 234 g/mol. The third-order valence-electron chi connectivity index (χ3n) is 3.04. The number of aryl methyl sites for hydroxylation is 1. The van der Waals surface area contributed by atoms with Gasteiger partial charge < -0.3 is 10.0 Å². The zero-order valence-corrected chi connectivity index (χ0v) is 10.9. The van der Waals surface area contributed by atoms with Crippen LogP contribution in [0.25, 0.3) is 0 Å². The molecule has 0 bridgehead atoms. The van der Waals surface area contributed by atoms with Gasteiger partial charge in [0.05, 0.1) is 11.9 Å². The molecule has 1 aliphatic rings. The molecule has 0 aromatic heterocycles. The number of nitrogens with zero attached hydrogens (tertiary/aromatic N) is 1. The van der Waals surface area contributed by atoms with Crippen molar-refractivity contribution in [2.75, 3.05) is 13.2 Å². The summed E-state index contributed by atoms with van der Waals surface area (Å²) in [4.78, 5) is 13.8. The molecule has 0 saturated carbocycles. The lowest BCUT2D eigenvalue weighted by atomic mass is 10.1. The van der Waals surface area contributed by atoms with Crippen LogP contribution in [0.5, 0.6) is 0 Å². The third kappa shape index (κ3) is 2.33. The largest absolute Gasteiger partial charge is 0.395 e. The standard InChI is InChI=1S/C13H17NO2S/c1-9-5-3-4-6-11(9)13-14(7-8-15)12(16)10(2)17-13/h3-6,10,13,15H,7-8H2,1-2H3/t10-,13-/m0/s1. The fraction of sp³-hybridized carbons (Fsp3) is 0.462. The van der Waals surface area contributed by atoms with Crippen LogP contribution in [0.4, 0.5) is 0 Å². The van der Waals surface area contributed by atoms with Gasteiger partial charge in [0, 0.05) is 6.54 Å². The fourth-order valence-electron chi connectivity index (χ4n) is 2.11. The van der Waals surface area contributed by atoms with Crippen molar-refractivity contribution in [2.45, 2.75) is 24.5 Å². The number of hydrogen-bond acceptors (Lipinski definition) is 3. The molecule has 0 spiro atoms. The average molecular weight is 251 g/mol. The topological polar surface area (TPSA) is 40.5 Å². The predicted octanol–water partition coefficient (Wildman–Crippen LogP) is 1.95. The Morgan fingerprint density at radius 1 is 1.41 bits per heavy atom. The van der Waals surface area contributed by atoms with E-state index in [0.717, 1.165) is 0 Å². The monoisotopic (exact) mass is 251 g/mol. The van der Waals surface area contributed by atoms with Crippen molar-refractivity contribution in [3.63, 3.8) is 0 Å². The van der Waals surface area contributed by atoms with Crippen LogP contribution in [0, 0.1) is 6.92 Å². The van der Waals surface area contributed by atoms with Crippen LogP contribution < -0.4 is 0 Å². The number of thioether (sulfide) groups is 1. The summed E-state index contributed by atoms with van der Waals surface area (Å²) in [6, 6.07) is 8.11. The Morgan fingerprint density at radius 2 is 2.12 bits per heavy atom. The highest BCUT2D eigenvalue weighted by atomic mass is 32.2. The maximum atomic E-state index is 12.0. The Hall–Kier alpha value is -1.00. The number of carbonyl (C=O) groups excluding carboxylic acids is 1. The van der Waals surface area contributed by atoms with Crippen molar-refractivity contribution in [3.05, 3.63) is 35.4 Å². The lowest BCUT2D eigenvalue weighted by Crippen LogP contribution is -2.32.